The number of rotatable bonds is 6. The highest BCUT2D eigenvalue weighted by Gasteiger charge is 2.28. The summed E-state index contributed by atoms with van der Waals surface area (Å²) >= 11 is 0. The number of non-ortho nitro benzene ring substituents is 1. The van der Waals surface area contributed by atoms with Crippen LogP contribution in [-0.2, 0) is 11.2 Å². The fraction of sp³-hybridized carbons (Fsp3) is 0.462. The number of nitrogens with zero attached hydrogens (tertiary/aromatic N) is 1. The Labute approximate surface area is 105 Å². The Morgan fingerprint density at radius 3 is 2.72 bits per heavy atom. The zero-order chi connectivity index (χ0) is 13.1. The smallest absolute Gasteiger partial charge is 0.273 e. The Morgan fingerprint density at radius 1 is 1.44 bits per heavy atom. The number of hydrogen-bond donors (Lipinski definition) is 0. The van der Waals surface area contributed by atoms with Gasteiger partial charge in [-0.25, -0.2) is 0 Å². The molecular formula is C13H15NO4. The molecule has 2 rings (SSSR count). The molecule has 0 unspecified atom stereocenters. The summed E-state index contributed by atoms with van der Waals surface area (Å²) in [6.07, 6.45) is 2.98. The maximum absolute atomic E-state index is 11.6. The minimum absolute atomic E-state index is 0.00298. The van der Waals surface area contributed by atoms with E-state index >= 15 is 0 Å². The molecule has 1 saturated carbocycles. The van der Waals surface area contributed by atoms with E-state index in [2.05, 4.69) is 0 Å². The molecule has 0 atom stereocenters. The van der Waals surface area contributed by atoms with Gasteiger partial charge in [0.15, 0.2) is 0 Å². The molecule has 1 aromatic carbocycles. The van der Waals surface area contributed by atoms with Crippen LogP contribution in [0.25, 0.3) is 0 Å². The summed E-state index contributed by atoms with van der Waals surface area (Å²) in [6.45, 7) is 0. The van der Waals surface area contributed by atoms with Crippen molar-refractivity contribution in [2.45, 2.75) is 25.7 Å². The summed E-state index contributed by atoms with van der Waals surface area (Å²) in [5.74, 6) is 0.962. The standard InChI is InChI=1S/C13H15NO4/c1-18-12-7-9(6-11(8-12)14(16)17)2-5-13(15)10-3-4-10/h6-8,10H,2-5H2,1H3. The number of ether oxygens (including phenoxy) is 1. The first-order valence-corrected chi connectivity index (χ1v) is 5.95. The van der Waals surface area contributed by atoms with Gasteiger partial charge in [0.25, 0.3) is 5.69 Å². The summed E-state index contributed by atoms with van der Waals surface area (Å²) < 4.78 is 5.02. The molecule has 0 saturated heterocycles. The molecule has 1 aliphatic rings. The topological polar surface area (TPSA) is 69.4 Å². The zero-order valence-electron chi connectivity index (χ0n) is 10.2. The summed E-state index contributed by atoms with van der Waals surface area (Å²) in [5.41, 5.74) is 0.776. The van der Waals surface area contributed by atoms with Crippen molar-refractivity contribution in [3.63, 3.8) is 0 Å². The van der Waals surface area contributed by atoms with Crippen LogP contribution in [0.15, 0.2) is 18.2 Å². The molecule has 18 heavy (non-hydrogen) atoms. The average Bonchev–Trinajstić information content (AvgIpc) is 3.19. The summed E-state index contributed by atoms with van der Waals surface area (Å²) in [5, 5.41) is 10.8. The van der Waals surface area contributed by atoms with E-state index in [-0.39, 0.29) is 17.4 Å². The van der Waals surface area contributed by atoms with Gasteiger partial charge in [0.1, 0.15) is 11.5 Å². The third kappa shape index (κ3) is 3.06. The highest BCUT2D eigenvalue weighted by atomic mass is 16.6. The molecule has 0 aliphatic heterocycles. The van der Waals surface area contributed by atoms with E-state index in [4.69, 9.17) is 4.74 Å². The summed E-state index contributed by atoms with van der Waals surface area (Å²) in [4.78, 5) is 21.9. The van der Waals surface area contributed by atoms with E-state index in [1.165, 1.54) is 19.2 Å². The predicted octanol–water partition coefficient (Wildman–Crippen LogP) is 2.52. The lowest BCUT2D eigenvalue weighted by atomic mass is 10.0. The van der Waals surface area contributed by atoms with Crippen LogP contribution in [0.5, 0.6) is 5.75 Å². The van der Waals surface area contributed by atoms with Gasteiger partial charge in [-0.05, 0) is 30.9 Å². The van der Waals surface area contributed by atoms with Crippen LogP contribution >= 0.6 is 0 Å². The van der Waals surface area contributed by atoms with Gasteiger partial charge in [0.2, 0.25) is 0 Å². The van der Waals surface area contributed by atoms with Gasteiger partial charge >= 0.3 is 0 Å². The van der Waals surface area contributed by atoms with Crippen LogP contribution in [0, 0.1) is 16.0 Å². The molecule has 0 N–H and O–H groups in total. The van der Waals surface area contributed by atoms with Crippen LogP contribution in [0.4, 0.5) is 5.69 Å². The molecule has 0 bridgehead atoms. The minimum Gasteiger partial charge on any atom is -0.496 e. The number of Topliss-reactive ketones (excluding diaryl/α,β-unsaturated/α-hetero) is 1. The van der Waals surface area contributed by atoms with Crippen LogP contribution in [0.3, 0.4) is 0 Å². The number of aryl methyl sites for hydroxylation is 1. The monoisotopic (exact) mass is 249 g/mol. The van der Waals surface area contributed by atoms with Gasteiger partial charge in [0, 0.05) is 18.4 Å². The Balaban J connectivity index is 2.08. The molecule has 1 fully saturated rings. The van der Waals surface area contributed by atoms with Gasteiger partial charge in [-0.1, -0.05) is 0 Å². The quantitative estimate of drug-likeness (QED) is 0.573. The Kier molecular flexibility index (Phi) is 3.60. The Hall–Kier alpha value is -1.91. The van der Waals surface area contributed by atoms with Crippen molar-refractivity contribution in [2.75, 3.05) is 7.11 Å². The van der Waals surface area contributed by atoms with Gasteiger partial charge in [-0.3, -0.25) is 14.9 Å². The number of carbonyl (C=O) groups excluding carboxylic acids is 1. The van der Waals surface area contributed by atoms with Gasteiger partial charge in [-0.2, -0.15) is 0 Å². The number of methoxy groups -OCH3 is 1. The van der Waals surface area contributed by atoms with E-state index in [9.17, 15) is 14.9 Å². The first kappa shape index (κ1) is 12.5. The third-order valence-corrected chi connectivity index (χ3v) is 3.09. The number of nitro groups is 1. The van der Waals surface area contributed by atoms with E-state index < -0.39 is 4.92 Å². The van der Waals surface area contributed by atoms with Crippen LogP contribution in [0.1, 0.15) is 24.8 Å². The molecule has 0 spiro atoms. The van der Waals surface area contributed by atoms with Crippen molar-refractivity contribution in [1.82, 2.24) is 0 Å². The molecule has 5 heteroatoms. The van der Waals surface area contributed by atoms with Crippen molar-refractivity contribution in [3.8, 4) is 5.75 Å². The molecular weight excluding hydrogens is 234 g/mol. The number of benzene rings is 1. The number of nitro benzene ring substituents is 1. The molecule has 0 heterocycles. The Bertz CT molecular complexity index is 480. The van der Waals surface area contributed by atoms with E-state index in [1.807, 2.05) is 0 Å². The lowest BCUT2D eigenvalue weighted by molar-refractivity contribution is -0.385. The highest BCUT2D eigenvalue weighted by Crippen LogP contribution is 2.31. The van der Waals surface area contributed by atoms with Crippen molar-refractivity contribution >= 4 is 11.5 Å². The SMILES string of the molecule is COc1cc(CCC(=O)C2CC2)cc([N+](=O)[O-])c1. The van der Waals surface area contributed by atoms with E-state index in [0.29, 0.717) is 18.6 Å². The predicted molar refractivity (Wildman–Crippen MR) is 65.7 cm³/mol. The number of carbonyl (C=O) groups is 1. The third-order valence-electron chi connectivity index (χ3n) is 3.09. The molecule has 0 amide bonds. The van der Waals surface area contributed by atoms with Crippen molar-refractivity contribution in [2.24, 2.45) is 5.92 Å². The minimum atomic E-state index is -0.450. The Morgan fingerprint density at radius 2 is 2.17 bits per heavy atom. The molecule has 96 valence electrons. The molecule has 0 radical (unpaired) electrons. The van der Waals surface area contributed by atoms with Crippen molar-refractivity contribution < 1.29 is 14.5 Å². The highest BCUT2D eigenvalue weighted by molar-refractivity contribution is 5.83. The van der Waals surface area contributed by atoms with Gasteiger partial charge in [-0.15, -0.1) is 0 Å². The molecule has 0 aromatic heterocycles. The zero-order valence-corrected chi connectivity index (χ0v) is 10.2. The summed E-state index contributed by atoms with van der Waals surface area (Å²) in [6, 6.07) is 4.63. The average molecular weight is 249 g/mol. The first-order chi connectivity index (χ1) is 8.60. The lowest BCUT2D eigenvalue weighted by Gasteiger charge is -2.04. The van der Waals surface area contributed by atoms with Crippen molar-refractivity contribution in [3.05, 3.63) is 33.9 Å². The maximum atomic E-state index is 11.6. The second-order valence-corrected chi connectivity index (χ2v) is 4.54. The van der Waals surface area contributed by atoms with Gasteiger partial charge < -0.3 is 4.74 Å². The first-order valence-electron chi connectivity index (χ1n) is 5.95. The van der Waals surface area contributed by atoms with Gasteiger partial charge in [0.05, 0.1) is 18.1 Å². The van der Waals surface area contributed by atoms with Crippen LogP contribution < -0.4 is 4.74 Å². The van der Waals surface area contributed by atoms with Crippen LogP contribution in [-0.4, -0.2) is 17.8 Å². The second-order valence-electron chi connectivity index (χ2n) is 4.54. The second kappa shape index (κ2) is 5.16. The largest absolute Gasteiger partial charge is 0.496 e. The fourth-order valence-corrected chi connectivity index (χ4v) is 1.89. The van der Waals surface area contributed by atoms with E-state index in [0.717, 1.165) is 18.4 Å². The molecule has 5 nitrogen and oxygen atoms in total. The van der Waals surface area contributed by atoms with Crippen molar-refractivity contribution in [1.29, 1.82) is 0 Å². The fourth-order valence-electron chi connectivity index (χ4n) is 1.89. The lowest BCUT2D eigenvalue weighted by Crippen LogP contribution is -2.02. The normalized spacial score (nSPS) is 14.3. The van der Waals surface area contributed by atoms with E-state index in [1.54, 1.807) is 6.07 Å². The molecule has 1 aliphatic carbocycles. The maximum Gasteiger partial charge on any atom is 0.273 e. The number of ketones is 1. The summed E-state index contributed by atoms with van der Waals surface area (Å²) in [7, 11) is 1.47. The molecule has 1 aromatic rings. The van der Waals surface area contributed by atoms with Crippen LogP contribution in [0.2, 0.25) is 0 Å². The number of hydrogen-bond acceptors (Lipinski definition) is 4.